The molecule has 0 aliphatic heterocycles. The van der Waals surface area contributed by atoms with Gasteiger partial charge in [-0.3, -0.25) is 4.79 Å². The molecule has 0 saturated heterocycles. The Balaban J connectivity index is 1.62. The lowest BCUT2D eigenvalue weighted by Gasteiger charge is -2.05. The largest absolute Gasteiger partial charge is 0.450 e. The minimum atomic E-state index is -0.804. The number of ether oxygens (including phenoxy) is 1. The molecule has 0 saturated carbocycles. The Kier molecular flexibility index (Phi) is 4.39. The maximum absolute atomic E-state index is 11.9. The molecule has 0 aliphatic rings. The van der Waals surface area contributed by atoms with Gasteiger partial charge in [0.1, 0.15) is 0 Å². The van der Waals surface area contributed by atoms with Crippen LogP contribution in [0, 0.1) is 6.92 Å². The maximum Gasteiger partial charge on any atom is 0.378 e. The second kappa shape index (κ2) is 6.63. The van der Waals surface area contributed by atoms with Crippen LogP contribution in [0.15, 0.2) is 36.5 Å². The van der Waals surface area contributed by atoms with Crippen molar-refractivity contribution in [2.24, 2.45) is 0 Å². The molecule has 0 bridgehead atoms. The lowest BCUT2D eigenvalue weighted by molar-refractivity contribution is -0.119. The van der Waals surface area contributed by atoms with Crippen LogP contribution < -0.4 is 5.32 Å². The number of fused-ring (bicyclic) bond motifs is 1. The van der Waals surface area contributed by atoms with Crippen molar-refractivity contribution in [2.75, 3.05) is 11.9 Å². The third-order valence-corrected chi connectivity index (χ3v) is 3.29. The molecule has 0 spiro atoms. The number of hydrogen-bond acceptors (Lipinski definition) is 6. The summed E-state index contributed by atoms with van der Waals surface area (Å²) in [6, 6.07) is 8.36. The minimum absolute atomic E-state index is 0.160. The van der Waals surface area contributed by atoms with Gasteiger partial charge < -0.3 is 10.1 Å². The summed E-state index contributed by atoms with van der Waals surface area (Å²) in [5, 5.41) is 7.06. The van der Waals surface area contributed by atoms with Crippen LogP contribution in [0.25, 0.3) is 5.78 Å². The number of benzene rings is 1. The number of halogens is 1. The molecule has 3 aromatic rings. The fourth-order valence-corrected chi connectivity index (χ4v) is 2.14. The molecule has 24 heavy (non-hydrogen) atoms. The highest BCUT2D eigenvalue weighted by Crippen LogP contribution is 2.14. The predicted octanol–water partition coefficient (Wildman–Crippen LogP) is 1.88. The van der Waals surface area contributed by atoms with Crippen LogP contribution in [0.2, 0.25) is 5.02 Å². The summed E-state index contributed by atoms with van der Waals surface area (Å²) in [6.07, 6.45) is 1.56. The highest BCUT2D eigenvalue weighted by atomic mass is 35.5. The molecule has 8 nitrogen and oxygen atoms in total. The SMILES string of the molecule is Cc1ccnc2nc(C(=O)OCC(=O)Nc3cccc(Cl)c3)nn12. The van der Waals surface area contributed by atoms with E-state index in [1.807, 2.05) is 0 Å². The molecule has 2 aromatic heterocycles. The number of esters is 1. The van der Waals surface area contributed by atoms with Gasteiger partial charge in [0.2, 0.25) is 0 Å². The summed E-state index contributed by atoms with van der Waals surface area (Å²) in [4.78, 5) is 31.7. The van der Waals surface area contributed by atoms with E-state index in [4.69, 9.17) is 16.3 Å². The molecular weight excluding hydrogens is 334 g/mol. The molecule has 3 rings (SSSR count). The molecule has 1 aromatic carbocycles. The summed E-state index contributed by atoms with van der Waals surface area (Å²) >= 11 is 5.83. The first-order valence-corrected chi connectivity index (χ1v) is 7.31. The van der Waals surface area contributed by atoms with Crippen molar-refractivity contribution >= 4 is 34.9 Å². The van der Waals surface area contributed by atoms with E-state index in [2.05, 4.69) is 20.4 Å². The van der Waals surface area contributed by atoms with Gasteiger partial charge in [-0.15, -0.1) is 5.10 Å². The topological polar surface area (TPSA) is 98.5 Å². The van der Waals surface area contributed by atoms with Crippen LogP contribution in [0.4, 0.5) is 5.69 Å². The number of carbonyl (C=O) groups is 2. The van der Waals surface area contributed by atoms with Crippen molar-refractivity contribution in [1.82, 2.24) is 19.6 Å². The average Bonchev–Trinajstić information content (AvgIpc) is 2.98. The van der Waals surface area contributed by atoms with Gasteiger partial charge in [-0.25, -0.2) is 14.3 Å². The van der Waals surface area contributed by atoms with Crippen LogP contribution in [0.1, 0.15) is 16.3 Å². The van der Waals surface area contributed by atoms with Gasteiger partial charge in [0, 0.05) is 22.6 Å². The Morgan fingerprint density at radius 1 is 1.33 bits per heavy atom. The van der Waals surface area contributed by atoms with Crippen molar-refractivity contribution in [3.63, 3.8) is 0 Å². The predicted molar refractivity (Wildman–Crippen MR) is 85.9 cm³/mol. The van der Waals surface area contributed by atoms with E-state index < -0.39 is 18.5 Å². The second-order valence-corrected chi connectivity index (χ2v) is 5.30. The minimum Gasteiger partial charge on any atom is -0.450 e. The fourth-order valence-electron chi connectivity index (χ4n) is 1.95. The molecule has 0 aliphatic carbocycles. The summed E-state index contributed by atoms with van der Waals surface area (Å²) < 4.78 is 6.33. The summed E-state index contributed by atoms with van der Waals surface area (Å²) in [7, 11) is 0. The quantitative estimate of drug-likeness (QED) is 0.725. The molecular formula is C15H12ClN5O3. The number of carbonyl (C=O) groups excluding carboxylic acids is 2. The smallest absolute Gasteiger partial charge is 0.378 e. The van der Waals surface area contributed by atoms with Gasteiger partial charge >= 0.3 is 5.97 Å². The number of aryl methyl sites for hydroxylation is 1. The van der Waals surface area contributed by atoms with E-state index in [-0.39, 0.29) is 11.6 Å². The van der Waals surface area contributed by atoms with E-state index in [1.54, 1.807) is 43.5 Å². The van der Waals surface area contributed by atoms with E-state index >= 15 is 0 Å². The number of aromatic nitrogens is 4. The molecule has 2 heterocycles. The first-order valence-electron chi connectivity index (χ1n) is 6.94. The number of hydrogen-bond donors (Lipinski definition) is 1. The third kappa shape index (κ3) is 3.49. The lowest BCUT2D eigenvalue weighted by Crippen LogP contribution is -2.21. The van der Waals surface area contributed by atoms with Gasteiger partial charge in [-0.2, -0.15) is 4.98 Å². The van der Waals surface area contributed by atoms with Gasteiger partial charge in [0.05, 0.1) is 0 Å². The van der Waals surface area contributed by atoms with Crippen molar-refractivity contribution in [3.05, 3.63) is 53.1 Å². The van der Waals surface area contributed by atoms with Crippen molar-refractivity contribution in [3.8, 4) is 0 Å². The van der Waals surface area contributed by atoms with E-state index in [0.29, 0.717) is 10.7 Å². The number of nitrogens with one attached hydrogen (secondary N) is 1. The monoisotopic (exact) mass is 345 g/mol. The fraction of sp³-hybridized carbons (Fsp3) is 0.133. The summed E-state index contributed by atoms with van der Waals surface area (Å²) in [5.74, 6) is -1.18. The number of amides is 1. The summed E-state index contributed by atoms with van der Waals surface area (Å²) in [5.41, 5.74) is 1.28. The summed E-state index contributed by atoms with van der Waals surface area (Å²) in [6.45, 7) is 1.34. The van der Waals surface area contributed by atoms with Gasteiger partial charge in [0.25, 0.3) is 17.5 Å². The zero-order valence-electron chi connectivity index (χ0n) is 12.6. The molecule has 1 N–H and O–H groups in total. The third-order valence-electron chi connectivity index (χ3n) is 3.06. The molecule has 1 amide bonds. The normalized spacial score (nSPS) is 10.6. The van der Waals surface area contributed by atoms with Crippen LogP contribution in [-0.2, 0) is 9.53 Å². The van der Waals surface area contributed by atoms with Crippen molar-refractivity contribution in [2.45, 2.75) is 6.92 Å². The van der Waals surface area contributed by atoms with Gasteiger partial charge in [-0.05, 0) is 31.2 Å². The second-order valence-electron chi connectivity index (χ2n) is 4.87. The molecule has 0 fully saturated rings. The Labute approximate surface area is 141 Å². The molecule has 0 radical (unpaired) electrons. The van der Waals surface area contributed by atoms with Crippen LogP contribution in [0.5, 0.6) is 0 Å². The Hall–Kier alpha value is -3.00. The molecule has 9 heteroatoms. The van der Waals surface area contributed by atoms with Gasteiger partial charge in [-0.1, -0.05) is 17.7 Å². The number of nitrogens with zero attached hydrogens (tertiary/aromatic N) is 4. The Bertz CT molecular complexity index is 924. The van der Waals surface area contributed by atoms with E-state index in [0.717, 1.165) is 5.69 Å². The van der Waals surface area contributed by atoms with Gasteiger partial charge in [0.15, 0.2) is 6.61 Å². The van der Waals surface area contributed by atoms with Crippen molar-refractivity contribution in [1.29, 1.82) is 0 Å². The van der Waals surface area contributed by atoms with Crippen LogP contribution in [-0.4, -0.2) is 38.1 Å². The molecule has 0 atom stereocenters. The highest BCUT2D eigenvalue weighted by molar-refractivity contribution is 6.30. The van der Waals surface area contributed by atoms with Crippen LogP contribution >= 0.6 is 11.6 Å². The van der Waals surface area contributed by atoms with E-state index in [9.17, 15) is 9.59 Å². The Morgan fingerprint density at radius 2 is 2.17 bits per heavy atom. The highest BCUT2D eigenvalue weighted by Gasteiger charge is 2.17. The Morgan fingerprint density at radius 3 is 2.92 bits per heavy atom. The molecule has 122 valence electrons. The van der Waals surface area contributed by atoms with Crippen LogP contribution in [0.3, 0.4) is 0 Å². The van der Waals surface area contributed by atoms with Crippen molar-refractivity contribution < 1.29 is 14.3 Å². The lowest BCUT2D eigenvalue weighted by atomic mass is 10.3. The standard InChI is InChI=1S/C15H12ClN5O3/c1-9-5-6-17-15-19-13(20-21(9)15)14(23)24-8-12(22)18-11-4-2-3-10(16)7-11/h2-7H,8H2,1H3,(H,18,22). The average molecular weight is 346 g/mol. The zero-order valence-corrected chi connectivity index (χ0v) is 13.3. The number of anilines is 1. The molecule has 0 unspecified atom stereocenters. The first-order chi connectivity index (χ1) is 11.5. The maximum atomic E-state index is 11.9. The first kappa shape index (κ1) is 15.9. The zero-order chi connectivity index (χ0) is 17.1. The number of rotatable bonds is 4. The van der Waals surface area contributed by atoms with E-state index in [1.165, 1.54) is 4.52 Å².